The molecule has 2 amide bonds. The lowest BCUT2D eigenvalue weighted by atomic mass is 9.94. The normalized spacial score (nSPS) is 15.6. The summed E-state index contributed by atoms with van der Waals surface area (Å²) in [7, 11) is 0. The van der Waals surface area contributed by atoms with Gasteiger partial charge in [0.2, 0.25) is 5.88 Å². The molecular formula is C16H19FN4O2. The van der Waals surface area contributed by atoms with Crippen molar-refractivity contribution in [1.82, 2.24) is 15.4 Å². The minimum atomic E-state index is -0.301. The van der Waals surface area contributed by atoms with Crippen molar-refractivity contribution >= 4 is 11.9 Å². The number of nitrogen functional groups attached to an aromatic ring is 1. The van der Waals surface area contributed by atoms with E-state index in [9.17, 15) is 9.18 Å². The number of anilines is 1. The maximum Gasteiger partial charge on any atom is 0.317 e. The molecule has 0 atom stereocenters. The first-order chi connectivity index (χ1) is 11.1. The fraction of sp³-hybridized carbons (Fsp3) is 0.375. The molecule has 0 aliphatic carbocycles. The van der Waals surface area contributed by atoms with Crippen LogP contribution in [0.25, 0.3) is 0 Å². The lowest BCUT2D eigenvalue weighted by Crippen LogP contribution is -2.43. The van der Waals surface area contributed by atoms with Gasteiger partial charge in [0.15, 0.2) is 0 Å². The Morgan fingerprint density at radius 2 is 2.17 bits per heavy atom. The molecule has 0 unspecified atom stereocenters. The standard InChI is InChI=1S/C16H19FN4O2/c17-13-3-1-2-11(8-13)10-19-16(22)21-6-4-12(5-7-21)14-9-15(18)23-20-14/h1-3,8-9,12H,4-7,10,18H2,(H,19,22). The molecule has 6 nitrogen and oxygen atoms in total. The second-order valence-corrected chi connectivity index (χ2v) is 5.70. The third-order valence-corrected chi connectivity index (χ3v) is 4.08. The highest BCUT2D eigenvalue weighted by Crippen LogP contribution is 2.28. The molecule has 0 radical (unpaired) electrons. The number of aromatic nitrogens is 1. The number of amides is 2. The number of piperidine rings is 1. The Bertz CT molecular complexity index is 680. The molecule has 3 N–H and O–H groups in total. The molecular weight excluding hydrogens is 299 g/mol. The van der Waals surface area contributed by atoms with Crippen LogP contribution < -0.4 is 11.1 Å². The van der Waals surface area contributed by atoms with Gasteiger partial charge in [-0.05, 0) is 30.5 Å². The number of nitrogens with two attached hydrogens (primary N) is 1. The average Bonchev–Trinajstić information content (AvgIpc) is 2.99. The zero-order valence-electron chi connectivity index (χ0n) is 12.7. The van der Waals surface area contributed by atoms with E-state index in [1.54, 1.807) is 23.1 Å². The number of halogens is 1. The number of hydrogen-bond acceptors (Lipinski definition) is 4. The molecule has 3 rings (SSSR count). The molecule has 0 spiro atoms. The van der Waals surface area contributed by atoms with E-state index in [0.717, 1.165) is 24.1 Å². The molecule has 2 aromatic rings. The van der Waals surface area contributed by atoms with E-state index in [2.05, 4.69) is 10.5 Å². The number of benzene rings is 1. The van der Waals surface area contributed by atoms with Gasteiger partial charge in [-0.1, -0.05) is 17.3 Å². The first kappa shape index (κ1) is 15.3. The van der Waals surface area contributed by atoms with Crippen LogP contribution in [-0.2, 0) is 6.54 Å². The Morgan fingerprint density at radius 1 is 1.39 bits per heavy atom. The van der Waals surface area contributed by atoms with Gasteiger partial charge in [-0.2, -0.15) is 0 Å². The highest BCUT2D eigenvalue weighted by molar-refractivity contribution is 5.74. The molecule has 1 aliphatic heterocycles. The maximum absolute atomic E-state index is 13.1. The van der Waals surface area contributed by atoms with Crippen molar-refractivity contribution in [2.45, 2.75) is 25.3 Å². The molecule has 1 saturated heterocycles. The monoisotopic (exact) mass is 318 g/mol. The van der Waals surface area contributed by atoms with E-state index < -0.39 is 0 Å². The molecule has 1 aromatic carbocycles. The molecule has 7 heteroatoms. The number of urea groups is 1. The second-order valence-electron chi connectivity index (χ2n) is 5.70. The topological polar surface area (TPSA) is 84.4 Å². The van der Waals surface area contributed by atoms with E-state index in [1.165, 1.54) is 12.1 Å². The predicted molar refractivity (Wildman–Crippen MR) is 83.1 cm³/mol. The van der Waals surface area contributed by atoms with Gasteiger partial charge < -0.3 is 20.5 Å². The Hall–Kier alpha value is -2.57. The smallest absolute Gasteiger partial charge is 0.317 e. The van der Waals surface area contributed by atoms with Gasteiger partial charge in [-0.15, -0.1) is 0 Å². The number of rotatable bonds is 3. The van der Waals surface area contributed by atoms with E-state index in [-0.39, 0.29) is 17.8 Å². The minimum Gasteiger partial charge on any atom is -0.368 e. The lowest BCUT2D eigenvalue weighted by Gasteiger charge is -2.31. The van der Waals surface area contributed by atoms with Crippen molar-refractivity contribution in [1.29, 1.82) is 0 Å². The Morgan fingerprint density at radius 3 is 2.83 bits per heavy atom. The number of likely N-dealkylation sites (tertiary alicyclic amines) is 1. The van der Waals surface area contributed by atoms with Crippen LogP contribution in [0.15, 0.2) is 34.9 Å². The zero-order chi connectivity index (χ0) is 16.2. The predicted octanol–water partition coefficient (Wildman–Crippen LogP) is 2.49. The molecule has 0 saturated carbocycles. The fourth-order valence-corrected chi connectivity index (χ4v) is 2.81. The van der Waals surface area contributed by atoms with Crippen LogP contribution in [0.5, 0.6) is 0 Å². The van der Waals surface area contributed by atoms with Crippen LogP contribution in [0.2, 0.25) is 0 Å². The minimum absolute atomic E-state index is 0.132. The number of hydrogen-bond donors (Lipinski definition) is 2. The van der Waals surface area contributed by atoms with Crippen LogP contribution in [0, 0.1) is 5.82 Å². The summed E-state index contributed by atoms with van der Waals surface area (Å²) in [6.45, 7) is 1.61. The number of nitrogens with zero attached hydrogens (tertiary/aromatic N) is 2. The summed E-state index contributed by atoms with van der Waals surface area (Å²) in [4.78, 5) is 13.9. The van der Waals surface area contributed by atoms with Crippen LogP contribution in [0.4, 0.5) is 15.1 Å². The van der Waals surface area contributed by atoms with Crippen molar-refractivity contribution < 1.29 is 13.7 Å². The summed E-state index contributed by atoms with van der Waals surface area (Å²) in [6.07, 6.45) is 1.64. The third kappa shape index (κ3) is 3.80. The van der Waals surface area contributed by atoms with Crippen LogP contribution in [-0.4, -0.2) is 29.2 Å². The zero-order valence-corrected chi connectivity index (χ0v) is 12.7. The molecule has 1 aromatic heterocycles. The van der Waals surface area contributed by atoms with Crippen molar-refractivity contribution in [3.8, 4) is 0 Å². The largest absolute Gasteiger partial charge is 0.368 e. The molecule has 2 heterocycles. The van der Waals surface area contributed by atoms with E-state index in [1.807, 2.05) is 0 Å². The second kappa shape index (κ2) is 6.68. The van der Waals surface area contributed by atoms with E-state index in [0.29, 0.717) is 25.5 Å². The summed E-state index contributed by atoms with van der Waals surface area (Å²) in [6, 6.07) is 7.82. The summed E-state index contributed by atoms with van der Waals surface area (Å²) in [5.41, 5.74) is 7.13. The SMILES string of the molecule is Nc1cc(C2CCN(C(=O)NCc3cccc(F)c3)CC2)no1. The van der Waals surface area contributed by atoms with Crippen molar-refractivity contribution in [3.05, 3.63) is 47.4 Å². The van der Waals surface area contributed by atoms with Gasteiger partial charge in [0, 0.05) is 31.6 Å². The van der Waals surface area contributed by atoms with Crippen LogP contribution >= 0.6 is 0 Å². The fourth-order valence-electron chi connectivity index (χ4n) is 2.81. The van der Waals surface area contributed by atoms with Crippen molar-refractivity contribution in [2.24, 2.45) is 0 Å². The first-order valence-electron chi connectivity index (χ1n) is 7.61. The van der Waals surface area contributed by atoms with Gasteiger partial charge in [0.05, 0.1) is 5.69 Å². The van der Waals surface area contributed by atoms with Gasteiger partial charge in [-0.3, -0.25) is 0 Å². The van der Waals surface area contributed by atoms with Gasteiger partial charge >= 0.3 is 6.03 Å². The van der Waals surface area contributed by atoms with Gasteiger partial charge in [-0.25, -0.2) is 9.18 Å². The maximum atomic E-state index is 13.1. The summed E-state index contributed by atoms with van der Waals surface area (Å²) >= 11 is 0. The lowest BCUT2D eigenvalue weighted by molar-refractivity contribution is 0.180. The highest BCUT2D eigenvalue weighted by atomic mass is 19.1. The van der Waals surface area contributed by atoms with Crippen molar-refractivity contribution in [2.75, 3.05) is 18.8 Å². The Kier molecular flexibility index (Phi) is 4.45. The quantitative estimate of drug-likeness (QED) is 0.910. The average molecular weight is 318 g/mol. The van der Waals surface area contributed by atoms with Gasteiger partial charge in [0.25, 0.3) is 0 Å². The number of nitrogens with one attached hydrogen (secondary N) is 1. The van der Waals surface area contributed by atoms with Crippen molar-refractivity contribution in [3.63, 3.8) is 0 Å². The number of carbonyl (C=O) groups excluding carboxylic acids is 1. The number of carbonyl (C=O) groups is 1. The summed E-state index contributed by atoms with van der Waals surface area (Å²) in [5.74, 6) is 0.281. The van der Waals surface area contributed by atoms with E-state index in [4.69, 9.17) is 10.3 Å². The molecule has 23 heavy (non-hydrogen) atoms. The highest BCUT2D eigenvalue weighted by Gasteiger charge is 2.25. The molecule has 1 fully saturated rings. The first-order valence-corrected chi connectivity index (χ1v) is 7.61. The third-order valence-electron chi connectivity index (χ3n) is 4.08. The Balaban J connectivity index is 1.48. The molecule has 1 aliphatic rings. The molecule has 122 valence electrons. The summed E-state index contributed by atoms with van der Waals surface area (Å²) < 4.78 is 18.0. The van der Waals surface area contributed by atoms with E-state index >= 15 is 0 Å². The van der Waals surface area contributed by atoms with Crippen LogP contribution in [0.1, 0.15) is 30.0 Å². The van der Waals surface area contributed by atoms with Crippen LogP contribution in [0.3, 0.4) is 0 Å². The Labute approximate surface area is 133 Å². The van der Waals surface area contributed by atoms with Gasteiger partial charge in [0.1, 0.15) is 5.82 Å². The summed E-state index contributed by atoms with van der Waals surface area (Å²) in [5, 5.41) is 6.76. The molecule has 0 bridgehead atoms.